The van der Waals surface area contributed by atoms with Gasteiger partial charge in [-0.05, 0) is 37.1 Å². The average Bonchev–Trinajstić information content (AvgIpc) is 2.42. The molecule has 0 aromatic heterocycles. The van der Waals surface area contributed by atoms with Crippen LogP contribution in [0, 0.1) is 0 Å². The molecule has 0 fully saturated rings. The zero-order valence-electron chi connectivity index (χ0n) is 12.0. The van der Waals surface area contributed by atoms with Crippen LogP contribution in [0.4, 0.5) is 0 Å². The van der Waals surface area contributed by atoms with Gasteiger partial charge in [-0.2, -0.15) is 0 Å². The van der Waals surface area contributed by atoms with Crippen molar-refractivity contribution in [2.75, 3.05) is 14.2 Å². The smallest absolute Gasteiger partial charge is 0.335 e. The molecule has 3 nitrogen and oxygen atoms in total. The molecule has 0 N–H and O–H groups in total. The van der Waals surface area contributed by atoms with Crippen molar-refractivity contribution in [3.8, 4) is 0 Å². The number of halogens is 2. The molecule has 0 aliphatic rings. The molecule has 0 bridgehead atoms. The van der Waals surface area contributed by atoms with Gasteiger partial charge in [0, 0.05) is 13.5 Å². The number of rotatable bonds is 5. The summed E-state index contributed by atoms with van der Waals surface area (Å²) >= 11 is 12.0. The summed E-state index contributed by atoms with van der Waals surface area (Å²) < 4.78 is 9.92. The van der Waals surface area contributed by atoms with E-state index in [0.29, 0.717) is 16.5 Å². The van der Waals surface area contributed by atoms with Crippen molar-refractivity contribution in [3.05, 3.63) is 39.4 Å². The highest BCUT2D eigenvalue weighted by Gasteiger charge is 2.21. The number of carbonyl (C=O) groups excluding carboxylic acids is 1. The highest BCUT2D eigenvalue weighted by Crippen LogP contribution is 2.30. The van der Waals surface area contributed by atoms with Crippen LogP contribution in [0.2, 0.25) is 10.0 Å². The van der Waals surface area contributed by atoms with Gasteiger partial charge in [-0.3, -0.25) is 0 Å². The van der Waals surface area contributed by atoms with E-state index < -0.39 is 12.1 Å². The summed E-state index contributed by atoms with van der Waals surface area (Å²) in [6.07, 6.45) is -0.219. The Morgan fingerprint density at radius 1 is 1.20 bits per heavy atom. The summed E-state index contributed by atoms with van der Waals surface area (Å²) in [6.45, 7) is 3.95. The predicted octanol–water partition coefficient (Wildman–Crippen LogP) is 4.36. The maximum atomic E-state index is 11.6. The molecule has 1 aromatic rings. The normalized spacial score (nSPS) is 11.9. The quantitative estimate of drug-likeness (QED) is 0.757. The highest BCUT2D eigenvalue weighted by molar-refractivity contribution is 6.42. The minimum atomic E-state index is -0.639. The first kappa shape index (κ1) is 17.0. The minimum absolute atomic E-state index is 0.397. The lowest BCUT2D eigenvalue weighted by molar-refractivity contribution is -0.151. The fraction of sp³-hybridized carbons (Fsp3) is 0.400. The molecule has 0 spiro atoms. The number of carbonyl (C=O) groups is 1. The van der Waals surface area contributed by atoms with Gasteiger partial charge in [0.25, 0.3) is 0 Å². The summed E-state index contributed by atoms with van der Waals surface area (Å²) in [5, 5.41) is 0.981. The molecule has 0 aliphatic carbocycles. The summed E-state index contributed by atoms with van der Waals surface area (Å²) in [6, 6.07) is 5.40. The predicted molar refractivity (Wildman–Crippen MR) is 82.2 cm³/mol. The van der Waals surface area contributed by atoms with E-state index in [-0.39, 0.29) is 0 Å². The molecule has 20 heavy (non-hydrogen) atoms. The van der Waals surface area contributed by atoms with E-state index in [4.69, 9.17) is 32.7 Å². The van der Waals surface area contributed by atoms with Crippen LogP contribution < -0.4 is 0 Å². The van der Waals surface area contributed by atoms with E-state index in [2.05, 4.69) is 0 Å². The maximum Gasteiger partial charge on any atom is 0.335 e. The van der Waals surface area contributed by atoms with Crippen LogP contribution in [-0.2, 0) is 14.3 Å². The van der Waals surface area contributed by atoms with E-state index in [0.717, 1.165) is 16.7 Å². The summed E-state index contributed by atoms with van der Waals surface area (Å²) in [5.74, 6) is -0.397. The van der Waals surface area contributed by atoms with Gasteiger partial charge in [0.15, 0.2) is 6.10 Å². The first-order valence-electron chi connectivity index (χ1n) is 6.13. The van der Waals surface area contributed by atoms with Crippen molar-refractivity contribution in [1.82, 2.24) is 0 Å². The molecule has 0 heterocycles. The lowest BCUT2D eigenvalue weighted by Crippen LogP contribution is -2.24. The van der Waals surface area contributed by atoms with Gasteiger partial charge in [0.2, 0.25) is 0 Å². The number of esters is 1. The van der Waals surface area contributed by atoms with Crippen LogP contribution in [0.1, 0.15) is 25.8 Å². The van der Waals surface area contributed by atoms with Gasteiger partial charge >= 0.3 is 5.97 Å². The van der Waals surface area contributed by atoms with Crippen LogP contribution >= 0.6 is 23.2 Å². The standard InChI is InChI=1S/C15H18Cl2O3/c1-9(2)11(8-14(19-3)15(18)20-4)10-5-6-12(16)13(17)7-10/h5-7,14H,8H2,1-4H3. The van der Waals surface area contributed by atoms with Crippen molar-refractivity contribution in [2.45, 2.75) is 26.4 Å². The van der Waals surface area contributed by atoms with E-state index in [1.807, 2.05) is 19.9 Å². The van der Waals surface area contributed by atoms with Crippen LogP contribution in [0.5, 0.6) is 0 Å². The van der Waals surface area contributed by atoms with Crippen LogP contribution in [0.25, 0.3) is 5.57 Å². The molecular formula is C15H18Cl2O3. The molecule has 0 saturated heterocycles. The Hall–Kier alpha value is -1.03. The molecule has 0 aliphatic heterocycles. The fourth-order valence-corrected chi connectivity index (χ4v) is 2.17. The third kappa shape index (κ3) is 4.23. The van der Waals surface area contributed by atoms with Crippen molar-refractivity contribution in [3.63, 3.8) is 0 Å². The van der Waals surface area contributed by atoms with E-state index in [1.165, 1.54) is 14.2 Å². The van der Waals surface area contributed by atoms with E-state index in [9.17, 15) is 4.79 Å². The SMILES string of the molecule is COC(=O)C(CC(=C(C)C)c1ccc(Cl)c(Cl)c1)OC. The molecule has 1 atom stereocenters. The second-order valence-corrected chi connectivity index (χ2v) is 5.37. The number of benzene rings is 1. The van der Waals surface area contributed by atoms with Crippen LogP contribution in [0.15, 0.2) is 23.8 Å². The summed E-state index contributed by atoms with van der Waals surface area (Å²) in [4.78, 5) is 11.6. The van der Waals surface area contributed by atoms with Gasteiger partial charge in [0.05, 0.1) is 17.2 Å². The first-order chi connectivity index (χ1) is 9.40. The van der Waals surface area contributed by atoms with Gasteiger partial charge in [-0.15, -0.1) is 0 Å². The van der Waals surface area contributed by atoms with Crippen LogP contribution in [-0.4, -0.2) is 26.3 Å². The molecule has 5 heteroatoms. The second kappa shape index (κ2) is 7.67. The maximum absolute atomic E-state index is 11.6. The van der Waals surface area contributed by atoms with E-state index >= 15 is 0 Å². The number of hydrogen-bond donors (Lipinski definition) is 0. The lowest BCUT2D eigenvalue weighted by Gasteiger charge is -2.17. The fourth-order valence-electron chi connectivity index (χ4n) is 1.87. The largest absolute Gasteiger partial charge is 0.467 e. The third-order valence-electron chi connectivity index (χ3n) is 3.01. The Bertz CT molecular complexity index is 520. The molecule has 110 valence electrons. The van der Waals surface area contributed by atoms with Gasteiger partial charge in [-0.25, -0.2) is 4.79 Å². The Balaban J connectivity index is 3.10. The number of hydrogen-bond acceptors (Lipinski definition) is 3. The van der Waals surface area contributed by atoms with Crippen molar-refractivity contribution >= 4 is 34.7 Å². The highest BCUT2D eigenvalue weighted by atomic mass is 35.5. The molecule has 0 radical (unpaired) electrons. The summed E-state index contributed by atoms with van der Waals surface area (Å²) in [5.41, 5.74) is 2.99. The van der Waals surface area contributed by atoms with Crippen molar-refractivity contribution in [2.24, 2.45) is 0 Å². The van der Waals surface area contributed by atoms with Gasteiger partial charge in [0.1, 0.15) is 0 Å². The van der Waals surface area contributed by atoms with Crippen molar-refractivity contribution in [1.29, 1.82) is 0 Å². The zero-order valence-corrected chi connectivity index (χ0v) is 13.5. The molecule has 1 aromatic carbocycles. The Morgan fingerprint density at radius 2 is 1.85 bits per heavy atom. The Labute approximate surface area is 129 Å². The third-order valence-corrected chi connectivity index (χ3v) is 3.75. The molecule has 0 amide bonds. The number of ether oxygens (including phenoxy) is 2. The number of methoxy groups -OCH3 is 2. The van der Waals surface area contributed by atoms with Gasteiger partial charge < -0.3 is 9.47 Å². The van der Waals surface area contributed by atoms with E-state index in [1.54, 1.807) is 12.1 Å². The Morgan fingerprint density at radius 3 is 2.30 bits per heavy atom. The van der Waals surface area contributed by atoms with Crippen molar-refractivity contribution < 1.29 is 14.3 Å². The first-order valence-corrected chi connectivity index (χ1v) is 6.88. The average molecular weight is 317 g/mol. The monoisotopic (exact) mass is 316 g/mol. The molecule has 1 rings (SSSR count). The second-order valence-electron chi connectivity index (χ2n) is 4.56. The summed E-state index contributed by atoms with van der Waals surface area (Å²) in [7, 11) is 2.83. The Kier molecular flexibility index (Phi) is 6.53. The van der Waals surface area contributed by atoms with Crippen LogP contribution in [0.3, 0.4) is 0 Å². The number of allylic oxidation sites excluding steroid dienone is 1. The molecule has 1 unspecified atom stereocenters. The minimum Gasteiger partial charge on any atom is -0.467 e. The zero-order chi connectivity index (χ0) is 15.3. The lowest BCUT2D eigenvalue weighted by atomic mass is 9.96. The topological polar surface area (TPSA) is 35.5 Å². The van der Waals surface area contributed by atoms with Gasteiger partial charge in [-0.1, -0.05) is 34.8 Å². The molecular weight excluding hydrogens is 299 g/mol. The molecule has 0 saturated carbocycles.